The summed E-state index contributed by atoms with van der Waals surface area (Å²) in [6.45, 7) is 18.2. The molecule has 3 aromatic carbocycles. The largest absolute Gasteiger partial charge is 0.394 e. The van der Waals surface area contributed by atoms with Crippen LogP contribution in [0, 0.1) is 17.8 Å². The number of anilines is 2. The highest BCUT2D eigenvalue weighted by atomic mass is 16.5. The number of aliphatic hydroxyl groups is 1. The Hall–Kier alpha value is -4.73. The lowest BCUT2D eigenvalue weighted by Crippen LogP contribution is -2.57. The van der Waals surface area contributed by atoms with Gasteiger partial charge < -0.3 is 29.4 Å². The fourth-order valence-electron chi connectivity index (χ4n) is 9.12. The van der Waals surface area contributed by atoms with Gasteiger partial charge >= 0.3 is 0 Å². The molecule has 9 nitrogen and oxygen atoms in total. The molecule has 3 amide bonds. The van der Waals surface area contributed by atoms with Gasteiger partial charge in [-0.3, -0.25) is 14.4 Å². The van der Waals surface area contributed by atoms with Gasteiger partial charge in [0.25, 0.3) is 5.91 Å². The molecule has 0 aliphatic carbocycles. The Bertz CT molecular complexity index is 1760. The summed E-state index contributed by atoms with van der Waals surface area (Å²) in [5.74, 6) is -2.84. The van der Waals surface area contributed by atoms with Gasteiger partial charge in [0, 0.05) is 44.1 Å². The first-order chi connectivity index (χ1) is 25.1. The summed E-state index contributed by atoms with van der Waals surface area (Å²) in [6, 6.07) is 24.9. The summed E-state index contributed by atoms with van der Waals surface area (Å²) in [5.41, 5.74) is 1.04. The van der Waals surface area contributed by atoms with Crippen LogP contribution in [0.15, 0.2) is 110 Å². The third-order valence-corrected chi connectivity index (χ3v) is 11.7. The molecule has 6 rings (SSSR count). The van der Waals surface area contributed by atoms with E-state index in [1.165, 1.54) is 4.90 Å². The molecule has 3 saturated heterocycles. The Morgan fingerprint density at radius 1 is 0.923 bits per heavy atom. The van der Waals surface area contributed by atoms with E-state index in [0.29, 0.717) is 24.2 Å². The molecule has 0 saturated carbocycles. The van der Waals surface area contributed by atoms with E-state index < -0.39 is 41.7 Å². The Morgan fingerprint density at radius 3 is 2.10 bits per heavy atom. The molecular weight excluding hydrogens is 652 g/mol. The lowest BCUT2D eigenvalue weighted by molar-refractivity contribution is -0.154. The van der Waals surface area contributed by atoms with Gasteiger partial charge in [0.05, 0.1) is 30.1 Å². The van der Waals surface area contributed by atoms with Crippen LogP contribution in [0.2, 0.25) is 0 Å². The maximum atomic E-state index is 15.4. The zero-order chi connectivity index (χ0) is 37.2. The number of rotatable bonds is 15. The molecular formula is C43H52N4O5. The van der Waals surface area contributed by atoms with Crippen molar-refractivity contribution in [1.82, 2.24) is 9.80 Å². The van der Waals surface area contributed by atoms with Gasteiger partial charge in [-0.2, -0.15) is 0 Å². The van der Waals surface area contributed by atoms with Gasteiger partial charge in [-0.1, -0.05) is 79.7 Å². The maximum absolute atomic E-state index is 15.4. The molecule has 3 unspecified atom stereocenters. The number of fused-ring (bicyclic) bond motifs is 1. The van der Waals surface area contributed by atoms with E-state index >= 15 is 9.59 Å². The number of likely N-dealkylation sites (tertiary alicyclic amines) is 1. The summed E-state index contributed by atoms with van der Waals surface area (Å²) in [6.07, 6.45) is 3.78. The molecule has 1 N–H and O–H groups in total. The normalized spacial score (nSPS) is 26.5. The minimum Gasteiger partial charge on any atom is -0.394 e. The van der Waals surface area contributed by atoms with Crippen molar-refractivity contribution < 1.29 is 24.2 Å². The number of carbonyl (C=O) groups is 3. The van der Waals surface area contributed by atoms with E-state index in [4.69, 9.17) is 4.74 Å². The van der Waals surface area contributed by atoms with Gasteiger partial charge in [0.2, 0.25) is 11.8 Å². The number of benzene rings is 3. The summed E-state index contributed by atoms with van der Waals surface area (Å²) in [4.78, 5) is 52.7. The smallest absolute Gasteiger partial charge is 0.253 e. The molecule has 274 valence electrons. The summed E-state index contributed by atoms with van der Waals surface area (Å²) in [7, 11) is 0. The van der Waals surface area contributed by atoms with Crippen molar-refractivity contribution in [1.29, 1.82) is 0 Å². The molecule has 0 aromatic heterocycles. The molecule has 7 atom stereocenters. The van der Waals surface area contributed by atoms with Crippen LogP contribution < -0.4 is 9.80 Å². The van der Waals surface area contributed by atoms with Crippen LogP contribution in [0.4, 0.5) is 11.4 Å². The number of hydrogen-bond donors (Lipinski definition) is 1. The molecule has 2 bridgehead atoms. The molecule has 3 aliphatic rings. The van der Waals surface area contributed by atoms with Crippen LogP contribution in [0.25, 0.3) is 0 Å². The second-order valence-electron chi connectivity index (χ2n) is 14.5. The van der Waals surface area contributed by atoms with Crippen molar-refractivity contribution >= 4 is 29.1 Å². The number of hydrogen-bond acceptors (Lipinski definition) is 6. The Morgan fingerprint density at radius 2 is 1.52 bits per heavy atom. The summed E-state index contributed by atoms with van der Waals surface area (Å²) >= 11 is 0. The lowest BCUT2D eigenvalue weighted by atomic mass is 9.62. The Balaban J connectivity index is 1.47. The van der Waals surface area contributed by atoms with Gasteiger partial charge in [-0.05, 0) is 68.5 Å². The predicted molar refractivity (Wildman–Crippen MR) is 204 cm³/mol. The molecule has 3 heterocycles. The molecule has 3 aromatic rings. The second kappa shape index (κ2) is 15.1. The van der Waals surface area contributed by atoms with E-state index in [9.17, 15) is 9.90 Å². The van der Waals surface area contributed by atoms with E-state index in [2.05, 4.69) is 31.9 Å². The number of amides is 3. The maximum Gasteiger partial charge on any atom is 0.253 e. The van der Waals surface area contributed by atoms with Crippen molar-refractivity contribution in [2.45, 2.75) is 63.9 Å². The lowest BCUT2D eigenvalue weighted by Gasteiger charge is -2.39. The molecule has 3 fully saturated rings. The first-order valence-corrected chi connectivity index (χ1v) is 18.5. The highest BCUT2D eigenvalue weighted by Gasteiger charge is 2.80. The topological polar surface area (TPSA) is 93.6 Å². The minimum absolute atomic E-state index is 0.145. The average molecular weight is 705 g/mol. The molecule has 0 radical (unpaired) electrons. The van der Waals surface area contributed by atoms with Crippen LogP contribution in [0.3, 0.4) is 0 Å². The van der Waals surface area contributed by atoms with Gasteiger partial charge in [0.15, 0.2) is 0 Å². The third-order valence-electron chi connectivity index (χ3n) is 11.7. The first-order valence-electron chi connectivity index (χ1n) is 18.5. The van der Waals surface area contributed by atoms with Crippen LogP contribution in [-0.4, -0.2) is 82.7 Å². The quantitative estimate of drug-likeness (QED) is 0.195. The fourth-order valence-corrected chi connectivity index (χ4v) is 9.12. The minimum atomic E-state index is -1.31. The fraction of sp³-hybridized carbons (Fsp3) is 0.419. The van der Waals surface area contributed by atoms with Crippen LogP contribution in [0.5, 0.6) is 0 Å². The van der Waals surface area contributed by atoms with Gasteiger partial charge in [-0.15, -0.1) is 13.2 Å². The van der Waals surface area contributed by atoms with Crippen molar-refractivity contribution in [3.63, 3.8) is 0 Å². The third kappa shape index (κ3) is 6.13. The highest BCUT2D eigenvalue weighted by Crippen LogP contribution is 2.66. The van der Waals surface area contributed by atoms with Crippen molar-refractivity contribution in [3.05, 3.63) is 121 Å². The van der Waals surface area contributed by atoms with E-state index in [1.807, 2.05) is 98.8 Å². The first kappa shape index (κ1) is 37.0. The van der Waals surface area contributed by atoms with Crippen molar-refractivity contribution in [2.24, 2.45) is 17.8 Å². The molecule has 3 aliphatic heterocycles. The number of carbonyl (C=O) groups excluding carboxylic acids is 3. The zero-order valence-electron chi connectivity index (χ0n) is 30.9. The molecule has 9 heteroatoms. The summed E-state index contributed by atoms with van der Waals surface area (Å²) < 4.78 is 7.11. The Labute approximate surface area is 308 Å². The van der Waals surface area contributed by atoms with Crippen LogP contribution >= 0.6 is 0 Å². The monoisotopic (exact) mass is 704 g/mol. The molecule has 1 spiro atoms. The van der Waals surface area contributed by atoms with E-state index in [-0.39, 0.29) is 36.7 Å². The SMILES string of the molecule is C=CCN(Cc1ccccc1)C(=O)[C@H]1[C@H]2C(=O)N([C@H](CO)c3ccccc3)C(C(=O)N(CC=C)c3ccc(N(CC)CC)cc3)C23CC(C)[C@]1(C)O3. The highest BCUT2D eigenvalue weighted by molar-refractivity contribution is 6.05. The number of aliphatic hydroxyl groups excluding tert-OH is 1. The van der Waals surface area contributed by atoms with Gasteiger partial charge in [0.1, 0.15) is 11.6 Å². The van der Waals surface area contributed by atoms with Gasteiger partial charge in [-0.25, -0.2) is 0 Å². The predicted octanol–water partition coefficient (Wildman–Crippen LogP) is 6.01. The number of nitrogens with zero attached hydrogens (tertiary/aromatic N) is 4. The number of ether oxygens (including phenoxy) is 1. The Kier molecular flexibility index (Phi) is 10.7. The van der Waals surface area contributed by atoms with E-state index in [0.717, 1.165) is 24.3 Å². The average Bonchev–Trinajstić information content (AvgIpc) is 3.68. The second-order valence-corrected chi connectivity index (χ2v) is 14.5. The standard InChI is InChI=1S/C43H52N4O5/c1-7-25-45(28-31-17-13-11-14-18-31)39(49)36-37-40(50)47(35(29-48)32-19-15-12-16-20-32)38(43(37)27-30(5)42(36,6)52-43)41(51)46(26-8-2)34-23-21-33(22-24-34)44(9-3)10-4/h7-8,11-24,30,35-38,48H,1-2,9-10,25-29H2,3-6H3/t30?,35-,36-,37+,38?,42+,43?/m1/s1. The summed E-state index contributed by atoms with van der Waals surface area (Å²) in [5, 5.41) is 11.0. The zero-order valence-corrected chi connectivity index (χ0v) is 30.9. The van der Waals surface area contributed by atoms with E-state index in [1.54, 1.807) is 22.0 Å². The molecule has 52 heavy (non-hydrogen) atoms. The van der Waals surface area contributed by atoms with Crippen LogP contribution in [0.1, 0.15) is 51.3 Å². The van der Waals surface area contributed by atoms with Crippen molar-refractivity contribution in [2.75, 3.05) is 42.6 Å². The van der Waals surface area contributed by atoms with Crippen LogP contribution in [-0.2, 0) is 25.7 Å². The van der Waals surface area contributed by atoms with Crippen molar-refractivity contribution in [3.8, 4) is 0 Å².